The number of ether oxygens (including phenoxy) is 2. The normalized spacial score (nSPS) is 11.9. The zero-order valence-corrected chi connectivity index (χ0v) is 22.1. The van der Waals surface area contributed by atoms with Gasteiger partial charge in [0.15, 0.2) is 0 Å². The van der Waals surface area contributed by atoms with Gasteiger partial charge in [-0.2, -0.15) is 0 Å². The predicted molar refractivity (Wildman–Crippen MR) is 137 cm³/mol. The lowest BCUT2D eigenvalue weighted by Crippen LogP contribution is -2.51. The van der Waals surface area contributed by atoms with Crippen molar-refractivity contribution < 1.29 is 27.5 Å². The molecule has 1 N–H and O–H groups in total. The number of carbonyl (C=O) groups excluding carboxylic acids is 2. The first-order valence-corrected chi connectivity index (χ1v) is 13.3. The first kappa shape index (κ1) is 28.3. The Balaban J connectivity index is 2.41. The molecule has 2 aromatic carbocycles. The zero-order chi connectivity index (χ0) is 26.2. The van der Waals surface area contributed by atoms with Gasteiger partial charge in [-0.15, -0.1) is 0 Å². The fraction of sp³-hybridized carbons (Fsp3) is 0.417. The Hall–Kier alpha value is -2.98. The third-order valence-electron chi connectivity index (χ3n) is 5.31. The molecule has 0 heterocycles. The highest BCUT2D eigenvalue weighted by atomic mass is 35.5. The van der Waals surface area contributed by atoms with Crippen LogP contribution in [0.1, 0.15) is 25.8 Å². The lowest BCUT2D eigenvalue weighted by Gasteiger charge is -2.31. The van der Waals surface area contributed by atoms with Gasteiger partial charge >= 0.3 is 0 Å². The minimum atomic E-state index is -3.86. The Kier molecular flexibility index (Phi) is 10.2. The molecule has 9 nitrogen and oxygen atoms in total. The second-order valence-electron chi connectivity index (χ2n) is 7.93. The van der Waals surface area contributed by atoms with Crippen LogP contribution in [-0.2, 0) is 26.2 Å². The topological polar surface area (TPSA) is 105 Å². The number of anilines is 1. The number of hydrogen-bond donors (Lipinski definition) is 1. The van der Waals surface area contributed by atoms with Crippen LogP contribution in [0, 0.1) is 0 Å². The smallest absolute Gasteiger partial charge is 0.244 e. The Bertz CT molecular complexity index is 1140. The van der Waals surface area contributed by atoms with Crippen molar-refractivity contribution in [2.75, 3.05) is 37.9 Å². The Morgan fingerprint density at radius 3 is 2.40 bits per heavy atom. The molecule has 0 unspecified atom stereocenters. The number of nitrogens with one attached hydrogen (secondary N) is 1. The highest BCUT2D eigenvalue weighted by molar-refractivity contribution is 7.92. The molecule has 0 fully saturated rings. The van der Waals surface area contributed by atoms with Crippen molar-refractivity contribution in [3.63, 3.8) is 0 Å². The molecular weight excluding hydrogens is 494 g/mol. The van der Waals surface area contributed by atoms with E-state index in [9.17, 15) is 18.0 Å². The lowest BCUT2D eigenvalue weighted by atomic mass is 10.1. The van der Waals surface area contributed by atoms with Crippen molar-refractivity contribution >= 4 is 39.1 Å². The predicted octanol–water partition coefficient (Wildman–Crippen LogP) is 3.07. The van der Waals surface area contributed by atoms with E-state index in [2.05, 4.69) is 5.32 Å². The van der Waals surface area contributed by atoms with E-state index in [-0.39, 0.29) is 23.2 Å². The molecule has 0 bridgehead atoms. The van der Waals surface area contributed by atoms with Gasteiger partial charge in [0, 0.05) is 13.1 Å². The van der Waals surface area contributed by atoms with Crippen molar-refractivity contribution in [3.05, 3.63) is 53.1 Å². The largest absolute Gasteiger partial charge is 0.497 e. The van der Waals surface area contributed by atoms with Crippen LogP contribution < -0.4 is 19.1 Å². The van der Waals surface area contributed by atoms with Crippen LogP contribution in [0.15, 0.2) is 42.5 Å². The van der Waals surface area contributed by atoms with Gasteiger partial charge in [0.05, 0.1) is 31.2 Å². The van der Waals surface area contributed by atoms with E-state index in [4.69, 9.17) is 21.1 Å². The molecule has 0 aliphatic rings. The number of benzene rings is 2. The van der Waals surface area contributed by atoms with E-state index >= 15 is 0 Å². The number of nitrogens with zero attached hydrogens (tertiary/aromatic N) is 2. The Morgan fingerprint density at radius 2 is 1.83 bits per heavy atom. The van der Waals surface area contributed by atoms with Crippen LogP contribution in [-0.4, -0.2) is 64.7 Å². The molecule has 0 saturated heterocycles. The van der Waals surface area contributed by atoms with Gasteiger partial charge in [-0.05, 0) is 49.2 Å². The summed E-state index contributed by atoms with van der Waals surface area (Å²) < 4.78 is 36.6. The van der Waals surface area contributed by atoms with E-state index in [1.165, 1.54) is 37.3 Å². The third-order valence-corrected chi connectivity index (χ3v) is 6.74. The van der Waals surface area contributed by atoms with Gasteiger partial charge in [-0.3, -0.25) is 13.9 Å². The summed E-state index contributed by atoms with van der Waals surface area (Å²) in [6, 6.07) is 10.7. The number of halogens is 1. The van der Waals surface area contributed by atoms with Crippen LogP contribution in [0.5, 0.6) is 11.5 Å². The summed E-state index contributed by atoms with van der Waals surface area (Å²) >= 11 is 6.19. The van der Waals surface area contributed by atoms with Gasteiger partial charge in [-0.25, -0.2) is 8.42 Å². The van der Waals surface area contributed by atoms with Crippen molar-refractivity contribution in [1.82, 2.24) is 10.2 Å². The highest BCUT2D eigenvalue weighted by Crippen LogP contribution is 2.30. The van der Waals surface area contributed by atoms with Gasteiger partial charge in [-0.1, -0.05) is 30.7 Å². The minimum absolute atomic E-state index is 0.0811. The first-order chi connectivity index (χ1) is 16.5. The molecule has 35 heavy (non-hydrogen) atoms. The summed E-state index contributed by atoms with van der Waals surface area (Å²) in [4.78, 5) is 27.6. The zero-order valence-electron chi connectivity index (χ0n) is 20.6. The van der Waals surface area contributed by atoms with Crippen LogP contribution in [0.3, 0.4) is 0 Å². The molecule has 0 saturated carbocycles. The summed E-state index contributed by atoms with van der Waals surface area (Å²) in [5.41, 5.74) is 0.933. The van der Waals surface area contributed by atoms with E-state index in [0.717, 1.165) is 22.5 Å². The molecule has 11 heteroatoms. The molecule has 0 aliphatic carbocycles. The monoisotopic (exact) mass is 525 g/mol. The van der Waals surface area contributed by atoms with Crippen LogP contribution >= 0.6 is 11.6 Å². The van der Waals surface area contributed by atoms with Gasteiger partial charge < -0.3 is 19.7 Å². The van der Waals surface area contributed by atoms with Crippen LogP contribution in [0.4, 0.5) is 5.69 Å². The van der Waals surface area contributed by atoms with Crippen molar-refractivity contribution in [1.29, 1.82) is 0 Å². The fourth-order valence-electron chi connectivity index (χ4n) is 3.37. The highest BCUT2D eigenvalue weighted by Gasteiger charge is 2.30. The van der Waals surface area contributed by atoms with Crippen molar-refractivity contribution in [2.45, 2.75) is 32.9 Å². The average Bonchev–Trinajstić information content (AvgIpc) is 2.83. The molecule has 0 aliphatic heterocycles. The maximum absolute atomic E-state index is 13.5. The number of rotatable bonds is 12. The average molecular weight is 526 g/mol. The lowest BCUT2D eigenvalue weighted by molar-refractivity contribution is -0.139. The van der Waals surface area contributed by atoms with E-state index in [0.29, 0.717) is 18.0 Å². The molecule has 2 rings (SSSR count). The maximum Gasteiger partial charge on any atom is 0.244 e. The van der Waals surface area contributed by atoms with E-state index in [1.807, 2.05) is 6.92 Å². The van der Waals surface area contributed by atoms with Gasteiger partial charge in [0.25, 0.3) is 0 Å². The Morgan fingerprint density at radius 1 is 1.11 bits per heavy atom. The van der Waals surface area contributed by atoms with Crippen LogP contribution in [0.2, 0.25) is 5.02 Å². The Labute approximate surface area is 212 Å². The molecule has 2 aromatic rings. The molecule has 192 valence electrons. The molecule has 0 aromatic heterocycles. The quantitative estimate of drug-likeness (QED) is 0.456. The molecule has 2 amide bonds. The number of sulfonamides is 1. The third kappa shape index (κ3) is 7.76. The molecule has 0 radical (unpaired) electrons. The number of carbonyl (C=O) groups is 2. The second kappa shape index (κ2) is 12.6. The second-order valence-corrected chi connectivity index (χ2v) is 10.2. The first-order valence-electron chi connectivity index (χ1n) is 11.0. The number of hydrogen-bond acceptors (Lipinski definition) is 6. The minimum Gasteiger partial charge on any atom is -0.497 e. The van der Waals surface area contributed by atoms with Gasteiger partial charge in [0.2, 0.25) is 21.8 Å². The van der Waals surface area contributed by atoms with E-state index in [1.54, 1.807) is 31.2 Å². The summed E-state index contributed by atoms with van der Waals surface area (Å²) in [7, 11) is -0.882. The fourth-order valence-corrected chi connectivity index (χ4v) is 4.46. The van der Waals surface area contributed by atoms with Gasteiger partial charge in [0.1, 0.15) is 24.1 Å². The summed E-state index contributed by atoms with van der Waals surface area (Å²) in [5, 5.41) is 2.99. The molecular formula is C24H32ClN3O6S. The number of amides is 2. The summed E-state index contributed by atoms with van der Waals surface area (Å²) in [6.45, 7) is 3.56. The molecule has 1 atom stereocenters. The maximum atomic E-state index is 13.5. The molecule has 0 spiro atoms. The van der Waals surface area contributed by atoms with E-state index < -0.39 is 28.5 Å². The SMILES string of the molecule is CCCNC(=O)[C@@H](C)N(Cc1cccc(OC)c1)C(=O)CN(c1ccc(OC)c(Cl)c1)S(C)(=O)=O. The standard InChI is InChI=1S/C24H32ClN3O6S/c1-6-12-26-24(30)17(2)27(15-18-8-7-9-20(13-18)33-3)23(29)16-28(35(5,31)32)19-10-11-22(34-4)21(25)14-19/h7-11,13-14,17H,6,12,15-16H2,1-5H3,(H,26,30)/t17-/m1/s1. The van der Waals surface area contributed by atoms with Crippen LogP contribution in [0.25, 0.3) is 0 Å². The number of methoxy groups -OCH3 is 2. The van der Waals surface area contributed by atoms with Crippen molar-refractivity contribution in [2.24, 2.45) is 0 Å². The van der Waals surface area contributed by atoms with Crippen molar-refractivity contribution in [3.8, 4) is 11.5 Å². The summed E-state index contributed by atoms with van der Waals surface area (Å²) in [6.07, 6.45) is 1.74. The summed E-state index contributed by atoms with van der Waals surface area (Å²) in [5.74, 6) is 0.0884.